The Balaban J connectivity index is 1.62. The molecule has 3 heterocycles. The van der Waals surface area contributed by atoms with Gasteiger partial charge in [0.25, 0.3) is 0 Å². The van der Waals surface area contributed by atoms with Crippen LogP contribution in [-0.4, -0.2) is 35.5 Å². The van der Waals surface area contributed by atoms with Gasteiger partial charge in [0.15, 0.2) is 0 Å². The van der Waals surface area contributed by atoms with E-state index in [1.54, 1.807) is 0 Å². The molecule has 0 bridgehead atoms. The molecule has 1 spiro atoms. The number of fused-ring (bicyclic) bond motifs is 4. The molecule has 0 aliphatic carbocycles. The van der Waals surface area contributed by atoms with Crippen LogP contribution < -0.4 is 0 Å². The van der Waals surface area contributed by atoms with E-state index in [9.17, 15) is 4.79 Å². The summed E-state index contributed by atoms with van der Waals surface area (Å²) in [5.74, 6) is 0.412. The van der Waals surface area contributed by atoms with Crippen molar-refractivity contribution < 1.29 is 9.53 Å². The van der Waals surface area contributed by atoms with E-state index in [4.69, 9.17) is 4.74 Å². The van der Waals surface area contributed by atoms with E-state index in [1.165, 1.54) is 22.2 Å². The van der Waals surface area contributed by atoms with Gasteiger partial charge in [-0.3, -0.25) is 4.79 Å². The van der Waals surface area contributed by atoms with Gasteiger partial charge in [-0.05, 0) is 37.3 Å². The maximum Gasteiger partial charge on any atom is 0.225 e. The molecule has 4 heteroatoms. The van der Waals surface area contributed by atoms with Gasteiger partial charge >= 0.3 is 0 Å². The third-order valence-corrected chi connectivity index (χ3v) is 5.92. The van der Waals surface area contributed by atoms with Crippen molar-refractivity contribution in [2.24, 2.45) is 5.92 Å². The van der Waals surface area contributed by atoms with Gasteiger partial charge in [-0.2, -0.15) is 0 Å². The molecule has 2 aromatic rings. The van der Waals surface area contributed by atoms with Gasteiger partial charge in [0.2, 0.25) is 5.91 Å². The summed E-state index contributed by atoms with van der Waals surface area (Å²) in [5.41, 5.74) is 3.63. The number of likely N-dealkylation sites (tertiary alicyclic amines) is 1. The van der Waals surface area contributed by atoms with Gasteiger partial charge in [0.1, 0.15) is 5.60 Å². The minimum absolute atomic E-state index is 0.120. The SMILES string of the molecule is CCC(C)C(=O)N1CCC2(CC1)OCCc1c2[nH]c2ccccc12. The second-order valence-electron chi connectivity index (χ2n) is 7.25. The van der Waals surface area contributed by atoms with Crippen LogP contribution in [0, 0.1) is 5.92 Å². The van der Waals surface area contributed by atoms with Crippen molar-refractivity contribution in [2.45, 2.75) is 45.1 Å². The molecule has 1 atom stereocenters. The first-order valence-corrected chi connectivity index (χ1v) is 9.17. The predicted molar refractivity (Wildman–Crippen MR) is 94.9 cm³/mol. The van der Waals surface area contributed by atoms with Gasteiger partial charge in [0.05, 0.1) is 12.3 Å². The third kappa shape index (κ3) is 2.35. The van der Waals surface area contributed by atoms with Crippen molar-refractivity contribution >= 4 is 16.8 Å². The minimum atomic E-state index is -0.237. The number of nitrogens with one attached hydrogen (secondary N) is 1. The Morgan fingerprint density at radius 2 is 2.08 bits per heavy atom. The number of hydrogen-bond acceptors (Lipinski definition) is 2. The van der Waals surface area contributed by atoms with Crippen LogP contribution in [0.25, 0.3) is 10.9 Å². The third-order valence-electron chi connectivity index (χ3n) is 5.92. The minimum Gasteiger partial charge on any atom is -0.368 e. The number of H-pyrrole nitrogens is 1. The quantitative estimate of drug-likeness (QED) is 0.916. The molecule has 0 saturated carbocycles. The average Bonchev–Trinajstić information content (AvgIpc) is 3.02. The highest BCUT2D eigenvalue weighted by Crippen LogP contribution is 2.43. The number of aromatic nitrogens is 1. The van der Waals surface area contributed by atoms with Crippen LogP contribution in [0.4, 0.5) is 0 Å². The van der Waals surface area contributed by atoms with Crippen molar-refractivity contribution in [2.75, 3.05) is 19.7 Å². The lowest BCUT2D eigenvalue weighted by Gasteiger charge is -2.44. The maximum atomic E-state index is 12.5. The molecule has 1 amide bonds. The molecule has 4 nitrogen and oxygen atoms in total. The summed E-state index contributed by atoms with van der Waals surface area (Å²) in [6, 6.07) is 8.52. The molecule has 1 N–H and O–H groups in total. The molecule has 1 saturated heterocycles. The van der Waals surface area contributed by atoms with Crippen molar-refractivity contribution in [3.05, 3.63) is 35.5 Å². The summed E-state index contributed by atoms with van der Waals surface area (Å²) in [5, 5.41) is 1.33. The Morgan fingerprint density at radius 3 is 2.83 bits per heavy atom. The number of rotatable bonds is 2. The van der Waals surface area contributed by atoms with Gasteiger partial charge in [0, 0.05) is 29.9 Å². The molecule has 2 aliphatic rings. The fraction of sp³-hybridized carbons (Fsp3) is 0.550. The number of piperidine rings is 1. The second-order valence-corrected chi connectivity index (χ2v) is 7.25. The molecular formula is C20H26N2O2. The zero-order chi connectivity index (χ0) is 16.7. The number of amides is 1. The fourth-order valence-electron chi connectivity index (χ4n) is 4.24. The first kappa shape index (κ1) is 15.7. The van der Waals surface area contributed by atoms with Crippen LogP contribution in [0.1, 0.15) is 44.4 Å². The highest BCUT2D eigenvalue weighted by atomic mass is 16.5. The fourth-order valence-corrected chi connectivity index (χ4v) is 4.24. The summed E-state index contributed by atoms with van der Waals surface area (Å²) in [4.78, 5) is 18.1. The van der Waals surface area contributed by atoms with Crippen LogP contribution in [0.2, 0.25) is 0 Å². The van der Waals surface area contributed by atoms with E-state index in [0.29, 0.717) is 5.91 Å². The van der Waals surface area contributed by atoms with Crippen LogP contribution >= 0.6 is 0 Å². The van der Waals surface area contributed by atoms with E-state index < -0.39 is 0 Å². The number of carbonyl (C=O) groups is 1. The molecule has 0 radical (unpaired) electrons. The van der Waals surface area contributed by atoms with E-state index in [-0.39, 0.29) is 11.5 Å². The van der Waals surface area contributed by atoms with Gasteiger partial charge in [-0.25, -0.2) is 0 Å². The maximum absolute atomic E-state index is 12.5. The number of carbonyl (C=O) groups excluding carboxylic acids is 1. The van der Waals surface area contributed by atoms with Gasteiger partial charge in [-0.1, -0.05) is 32.0 Å². The second kappa shape index (κ2) is 5.92. The van der Waals surface area contributed by atoms with Crippen molar-refractivity contribution in [1.82, 2.24) is 9.88 Å². The highest BCUT2D eigenvalue weighted by molar-refractivity contribution is 5.85. The molecule has 1 aromatic heterocycles. The Bertz CT molecular complexity index is 756. The van der Waals surface area contributed by atoms with Crippen molar-refractivity contribution in [1.29, 1.82) is 0 Å². The monoisotopic (exact) mass is 326 g/mol. The smallest absolute Gasteiger partial charge is 0.225 e. The first-order valence-electron chi connectivity index (χ1n) is 9.17. The van der Waals surface area contributed by atoms with Crippen LogP contribution in [-0.2, 0) is 21.6 Å². The van der Waals surface area contributed by atoms with Crippen LogP contribution in [0.5, 0.6) is 0 Å². The number of hydrogen-bond donors (Lipinski definition) is 1. The summed E-state index contributed by atoms with van der Waals surface area (Å²) in [6.45, 7) is 6.46. The Morgan fingerprint density at radius 1 is 1.33 bits per heavy atom. The molecule has 24 heavy (non-hydrogen) atoms. The molecule has 1 unspecified atom stereocenters. The Kier molecular flexibility index (Phi) is 3.87. The van der Waals surface area contributed by atoms with Crippen molar-refractivity contribution in [3.63, 3.8) is 0 Å². The summed E-state index contributed by atoms with van der Waals surface area (Å²) in [7, 11) is 0. The summed E-state index contributed by atoms with van der Waals surface area (Å²) in [6.07, 6.45) is 3.64. The highest BCUT2D eigenvalue weighted by Gasteiger charge is 2.43. The number of aromatic amines is 1. The largest absolute Gasteiger partial charge is 0.368 e. The molecule has 4 rings (SSSR count). The Labute approximate surface area is 143 Å². The molecular weight excluding hydrogens is 300 g/mol. The molecule has 128 valence electrons. The standard InChI is InChI=1S/C20H26N2O2/c1-3-14(2)19(23)22-11-9-20(10-12-22)18-16(8-13-24-20)15-6-4-5-7-17(15)21-18/h4-7,14,21H,3,8-13H2,1-2H3. The van der Waals surface area contributed by atoms with E-state index in [2.05, 4.69) is 36.2 Å². The summed E-state index contributed by atoms with van der Waals surface area (Å²) < 4.78 is 6.31. The van der Waals surface area contributed by atoms with E-state index in [1.807, 2.05) is 11.8 Å². The number of benzene rings is 1. The number of para-hydroxylation sites is 1. The molecule has 1 aromatic carbocycles. The van der Waals surface area contributed by atoms with Gasteiger partial charge < -0.3 is 14.6 Å². The topological polar surface area (TPSA) is 45.3 Å². The lowest BCUT2D eigenvalue weighted by atomic mass is 9.83. The molecule has 1 fully saturated rings. The van der Waals surface area contributed by atoms with Crippen molar-refractivity contribution in [3.8, 4) is 0 Å². The molecule has 2 aliphatic heterocycles. The zero-order valence-electron chi connectivity index (χ0n) is 14.6. The Hall–Kier alpha value is -1.81. The van der Waals surface area contributed by atoms with Gasteiger partial charge in [-0.15, -0.1) is 0 Å². The normalized spacial score (nSPS) is 21.0. The van der Waals surface area contributed by atoms with Crippen LogP contribution in [0.15, 0.2) is 24.3 Å². The first-order chi connectivity index (χ1) is 11.6. The zero-order valence-corrected chi connectivity index (χ0v) is 14.6. The summed E-state index contributed by atoms with van der Waals surface area (Å²) >= 11 is 0. The van der Waals surface area contributed by atoms with E-state index in [0.717, 1.165) is 45.4 Å². The lowest BCUT2D eigenvalue weighted by Crippen LogP contribution is -2.49. The number of nitrogens with zero attached hydrogens (tertiary/aromatic N) is 1. The lowest BCUT2D eigenvalue weighted by molar-refractivity contribution is -0.144. The average molecular weight is 326 g/mol. The number of ether oxygens (including phenoxy) is 1. The van der Waals surface area contributed by atoms with E-state index >= 15 is 0 Å². The van der Waals surface area contributed by atoms with Crippen LogP contribution in [0.3, 0.4) is 0 Å². The predicted octanol–water partition coefficient (Wildman–Crippen LogP) is 3.60.